The molecule has 3 aromatic heterocycles. The Morgan fingerprint density at radius 1 is 1.09 bits per heavy atom. The molecule has 2 amide bonds. The van der Waals surface area contributed by atoms with E-state index in [2.05, 4.69) is 25.9 Å². The molecule has 1 aromatic carbocycles. The van der Waals surface area contributed by atoms with Crippen molar-refractivity contribution in [2.24, 2.45) is 0 Å². The first-order chi connectivity index (χ1) is 16.6. The summed E-state index contributed by atoms with van der Waals surface area (Å²) in [6.07, 6.45) is 7.77. The number of benzene rings is 1. The van der Waals surface area contributed by atoms with E-state index < -0.39 is 4.92 Å². The zero-order valence-electron chi connectivity index (χ0n) is 18.1. The molecule has 4 rings (SSSR count). The molecule has 0 aliphatic rings. The number of carbonyl (C=O) groups is 1. The molecule has 34 heavy (non-hydrogen) atoms. The Labute approximate surface area is 194 Å². The Bertz CT molecular complexity index is 1260. The first kappa shape index (κ1) is 22.5. The predicted octanol–water partition coefficient (Wildman–Crippen LogP) is 2.85. The van der Waals surface area contributed by atoms with E-state index in [4.69, 9.17) is 4.42 Å². The predicted molar refractivity (Wildman–Crippen MR) is 122 cm³/mol. The van der Waals surface area contributed by atoms with E-state index in [-0.39, 0.29) is 24.9 Å². The van der Waals surface area contributed by atoms with E-state index in [1.807, 2.05) is 30.3 Å². The number of rotatable bonds is 10. The topological polar surface area (TPSA) is 146 Å². The summed E-state index contributed by atoms with van der Waals surface area (Å²) in [7, 11) is 0. The van der Waals surface area contributed by atoms with Crippen LogP contribution < -0.4 is 10.6 Å². The lowest BCUT2D eigenvalue weighted by molar-refractivity contribution is -0.392. The van der Waals surface area contributed by atoms with Crippen molar-refractivity contribution in [2.45, 2.75) is 26.2 Å². The summed E-state index contributed by atoms with van der Waals surface area (Å²) in [6.45, 7) is 1.19. The fourth-order valence-electron chi connectivity index (χ4n) is 3.17. The Kier molecular flexibility index (Phi) is 7.08. The third kappa shape index (κ3) is 5.94. The largest absolute Gasteiger partial charge is 0.465 e. The Morgan fingerprint density at radius 2 is 1.91 bits per heavy atom. The lowest BCUT2D eigenvalue weighted by atomic mass is 10.2. The van der Waals surface area contributed by atoms with Crippen LogP contribution in [0.3, 0.4) is 0 Å². The number of hydrogen-bond donors (Lipinski definition) is 2. The van der Waals surface area contributed by atoms with Crippen LogP contribution in [0, 0.1) is 10.1 Å². The number of hydrogen-bond acceptors (Lipinski definition) is 7. The summed E-state index contributed by atoms with van der Waals surface area (Å²) in [5.41, 5.74) is 1.56. The van der Waals surface area contributed by atoms with Crippen LogP contribution in [-0.2, 0) is 26.2 Å². The minimum atomic E-state index is -0.484. The van der Waals surface area contributed by atoms with Crippen LogP contribution in [0.1, 0.15) is 22.8 Å². The molecule has 0 atom stereocenters. The highest BCUT2D eigenvalue weighted by Crippen LogP contribution is 2.17. The normalized spacial score (nSPS) is 11.1. The van der Waals surface area contributed by atoms with Gasteiger partial charge in [0.05, 0.1) is 25.5 Å². The molecule has 0 aliphatic heterocycles. The van der Waals surface area contributed by atoms with Crippen LogP contribution in [0.2, 0.25) is 0 Å². The number of nitrogens with zero attached hydrogens (tertiary/aromatic N) is 6. The summed E-state index contributed by atoms with van der Waals surface area (Å²) in [5.74, 6) is 0.898. The van der Waals surface area contributed by atoms with E-state index in [9.17, 15) is 14.9 Å². The fourth-order valence-corrected chi connectivity index (χ4v) is 3.17. The molecule has 12 heteroatoms. The van der Waals surface area contributed by atoms with Gasteiger partial charge in [0.1, 0.15) is 24.2 Å². The second-order valence-electron chi connectivity index (χ2n) is 7.23. The Hall–Kier alpha value is -4.74. The summed E-state index contributed by atoms with van der Waals surface area (Å²) in [5, 5.41) is 25.0. The molecule has 0 fully saturated rings. The van der Waals surface area contributed by atoms with Crippen molar-refractivity contribution in [3.8, 4) is 0 Å². The molecule has 0 saturated heterocycles. The third-order valence-corrected chi connectivity index (χ3v) is 4.86. The number of nitro groups is 1. The number of furan rings is 1. The quantitative estimate of drug-likeness (QED) is 0.272. The van der Waals surface area contributed by atoms with Gasteiger partial charge in [-0.3, -0.25) is 0 Å². The van der Waals surface area contributed by atoms with Crippen molar-refractivity contribution >= 4 is 24.0 Å². The van der Waals surface area contributed by atoms with Gasteiger partial charge in [-0.25, -0.2) is 19.0 Å². The smallest absolute Gasteiger partial charge is 0.343 e. The highest BCUT2D eigenvalue weighted by Gasteiger charge is 2.19. The van der Waals surface area contributed by atoms with Crippen LogP contribution in [0.25, 0.3) is 12.2 Å². The van der Waals surface area contributed by atoms with E-state index in [1.54, 1.807) is 41.4 Å². The molecular formula is C22H22N8O4. The maximum absolute atomic E-state index is 12.0. The molecule has 4 aromatic rings. The molecule has 0 unspecified atom stereocenters. The molecular weight excluding hydrogens is 440 g/mol. The second kappa shape index (κ2) is 10.7. The number of carbonyl (C=O) groups excluding carboxylic acids is 1. The number of amides is 2. The monoisotopic (exact) mass is 462 g/mol. The number of nitrogens with one attached hydrogen (secondary N) is 2. The Balaban J connectivity index is 1.31. The van der Waals surface area contributed by atoms with Gasteiger partial charge in [0.2, 0.25) is 5.82 Å². The number of imidazole rings is 1. The van der Waals surface area contributed by atoms with Gasteiger partial charge >= 0.3 is 11.8 Å². The van der Waals surface area contributed by atoms with Gasteiger partial charge in [-0.15, -0.1) is 5.10 Å². The van der Waals surface area contributed by atoms with Crippen LogP contribution in [0.5, 0.6) is 0 Å². The lowest BCUT2D eigenvalue weighted by Gasteiger charge is -2.06. The van der Waals surface area contributed by atoms with Gasteiger partial charge in [0.25, 0.3) is 0 Å². The first-order valence-electron chi connectivity index (χ1n) is 10.4. The molecule has 0 spiro atoms. The Morgan fingerprint density at radius 3 is 2.68 bits per heavy atom. The van der Waals surface area contributed by atoms with Crippen LogP contribution >= 0.6 is 0 Å². The second-order valence-corrected chi connectivity index (χ2v) is 7.23. The average Bonchev–Trinajstić information content (AvgIpc) is 3.60. The maximum atomic E-state index is 12.0. The van der Waals surface area contributed by atoms with Crippen molar-refractivity contribution < 1.29 is 14.1 Å². The van der Waals surface area contributed by atoms with Gasteiger partial charge in [-0.1, -0.05) is 35.5 Å². The number of aromatic nitrogens is 5. The molecule has 0 saturated carbocycles. The van der Waals surface area contributed by atoms with Crippen LogP contribution in [-0.4, -0.2) is 35.5 Å². The van der Waals surface area contributed by atoms with Crippen molar-refractivity contribution in [2.75, 3.05) is 0 Å². The van der Waals surface area contributed by atoms with Gasteiger partial charge in [-0.05, 0) is 28.7 Å². The van der Waals surface area contributed by atoms with Crippen molar-refractivity contribution in [1.29, 1.82) is 0 Å². The van der Waals surface area contributed by atoms with Crippen LogP contribution in [0.4, 0.5) is 10.6 Å². The van der Waals surface area contributed by atoms with Crippen molar-refractivity contribution in [1.82, 2.24) is 35.2 Å². The minimum absolute atomic E-state index is 0.129. The van der Waals surface area contributed by atoms with Gasteiger partial charge in [-0.2, -0.15) is 0 Å². The summed E-state index contributed by atoms with van der Waals surface area (Å²) < 4.78 is 8.28. The third-order valence-electron chi connectivity index (χ3n) is 4.86. The number of urea groups is 1. The zero-order valence-corrected chi connectivity index (χ0v) is 18.1. The highest BCUT2D eigenvalue weighted by atomic mass is 16.6. The molecule has 0 radical (unpaired) electrons. The average molecular weight is 462 g/mol. The highest BCUT2D eigenvalue weighted by molar-refractivity contribution is 5.73. The SMILES string of the molecule is O=C(NCc1ccccc1)NCc1cn(CCn2c([N+](=O)[O-])cnc2/C=C/c2ccco2)nn1. The van der Waals surface area contributed by atoms with Crippen LogP contribution in [0.15, 0.2) is 65.5 Å². The van der Waals surface area contributed by atoms with E-state index in [0.717, 1.165) is 5.56 Å². The number of aryl methyl sites for hydroxylation is 1. The molecule has 3 heterocycles. The fraction of sp³-hybridized carbons (Fsp3) is 0.182. The lowest BCUT2D eigenvalue weighted by Crippen LogP contribution is -2.34. The van der Waals surface area contributed by atoms with E-state index in [0.29, 0.717) is 30.4 Å². The molecule has 0 bridgehead atoms. The van der Waals surface area contributed by atoms with Crippen molar-refractivity contribution in [3.05, 3.63) is 94.1 Å². The van der Waals surface area contributed by atoms with Gasteiger partial charge < -0.3 is 25.2 Å². The maximum Gasteiger partial charge on any atom is 0.343 e. The summed E-state index contributed by atoms with van der Waals surface area (Å²) >= 11 is 0. The molecule has 0 aliphatic carbocycles. The standard InChI is InChI=1S/C22H22N8O4/c31-22(24-13-17-5-2-1-3-6-17)25-14-18-16-28(27-26-18)10-11-29-20(23-15-21(29)30(32)33)9-8-19-7-4-12-34-19/h1-9,12,15-16H,10-11,13-14H2,(H2,24,25,31)/b9-8+. The molecule has 174 valence electrons. The molecule has 2 N–H and O–H groups in total. The van der Waals surface area contributed by atoms with E-state index >= 15 is 0 Å². The zero-order chi connectivity index (χ0) is 23.8. The first-order valence-corrected chi connectivity index (χ1v) is 10.4. The summed E-state index contributed by atoms with van der Waals surface area (Å²) in [4.78, 5) is 27.0. The van der Waals surface area contributed by atoms with Crippen molar-refractivity contribution in [3.63, 3.8) is 0 Å². The van der Waals surface area contributed by atoms with Gasteiger partial charge in [0.15, 0.2) is 0 Å². The minimum Gasteiger partial charge on any atom is -0.465 e. The summed E-state index contributed by atoms with van der Waals surface area (Å²) in [6, 6.07) is 12.8. The van der Waals surface area contributed by atoms with E-state index in [1.165, 1.54) is 10.8 Å². The van der Waals surface area contributed by atoms with Gasteiger partial charge in [0, 0.05) is 12.6 Å². The molecule has 12 nitrogen and oxygen atoms in total.